The number of piperidine rings is 1. The number of likely N-dealkylation sites (tertiary alicyclic amines) is 1. The Balaban J connectivity index is 1.90. The molecule has 1 saturated carbocycles. The van der Waals surface area contributed by atoms with Crippen LogP contribution in [0.5, 0.6) is 0 Å². The van der Waals surface area contributed by atoms with E-state index in [0.717, 1.165) is 38.8 Å². The van der Waals surface area contributed by atoms with E-state index in [4.69, 9.17) is 0 Å². The summed E-state index contributed by atoms with van der Waals surface area (Å²) in [5.41, 5.74) is 0. The van der Waals surface area contributed by atoms with E-state index < -0.39 is 0 Å². The third-order valence-corrected chi connectivity index (χ3v) is 3.98. The summed E-state index contributed by atoms with van der Waals surface area (Å²) in [4.78, 5) is 14.0. The fourth-order valence-electron chi connectivity index (χ4n) is 2.53. The van der Waals surface area contributed by atoms with Crippen molar-refractivity contribution in [2.24, 2.45) is 11.8 Å². The number of amides is 1. The lowest BCUT2D eigenvalue weighted by Gasteiger charge is -2.39. The second-order valence-electron chi connectivity index (χ2n) is 4.94. The molecule has 1 saturated heterocycles. The summed E-state index contributed by atoms with van der Waals surface area (Å²) in [5.74, 6) is 0.937. The van der Waals surface area contributed by atoms with Crippen LogP contribution in [0.25, 0.3) is 0 Å². The van der Waals surface area contributed by atoms with Gasteiger partial charge in [-0.05, 0) is 25.7 Å². The molecule has 1 N–H and O–H groups in total. The van der Waals surface area contributed by atoms with E-state index in [1.54, 1.807) is 0 Å². The highest BCUT2D eigenvalue weighted by atomic mass is 16.3. The number of carbonyl (C=O) groups is 1. The zero-order valence-electron chi connectivity index (χ0n) is 9.48. The highest BCUT2D eigenvalue weighted by molar-refractivity contribution is 5.79. The zero-order chi connectivity index (χ0) is 10.8. The quantitative estimate of drug-likeness (QED) is 0.750. The molecule has 86 valence electrons. The summed E-state index contributed by atoms with van der Waals surface area (Å²) < 4.78 is 0. The van der Waals surface area contributed by atoms with E-state index >= 15 is 0 Å². The highest BCUT2D eigenvalue weighted by Crippen LogP contribution is 2.30. The molecule has 1 amide bonds. The summed E-state index contributed by atoms with van der Waals surface area (Å²) in [6, 6.07) is 0. The van der Waals surface area contributed by atoms with Crippen molar-refractivity contribution in [3.63, 3.8) is 0 Å². The summed E-state index contributed by atoms with van der Waals surface area (Å²) in [7, 11) is 0. The number of hydrogen-bond donors (Lipinski definition) is 1. The molecule has 1 aliphatic heterocycles. The van der Waals surface area contributed by atoms with Gasteiger partial charge in [0.15, 0.2) is 0 Å². The van der Waals surface area contributed by atoms with Crippen molar-refractivity contribution in [3.05, 3.63) is 0 Å². The molecule has 0 radical (unpaired) electrons. The molecule has 0 spiro atoms. The molecule has 0 aromatic heterocycles. The first-order valence-electron chi connectivity index (χ1n) is 6.19. The number of carbonyl (C=O) groups excluding carboxylic acids is 1. The van der Waals surface area contributed by atoms with Crippen LogP contribution < -0.4 is 0 Å². The first kappa shape index (κ1) is 10.9. The van der Waals surface area contributed by atoms with E-state index in [0.29, 0.717) is 17.7 Å². The van der Waals surface area contributed by atoms with Crippen molar-refractivity contribution in [2.75, 3.05) is 13.1 Å². The van der Waals surface area contributed by atoms with Gasteiger partial charge in [-0.3, -0.25) is 4.79 Å². The van der Waals surface area contributed by atoms with Gasteiger partial charge in [0.25, 0.3) is 0 Å². The molecule has 3 heteroatoms. The van der Waals surface area contributed by atoms with Gasteiger partial charge in [-0.2, -0.15) is 0 Å². The Bertz CT molecular complexity index is 238. The molecule has 1 heterocycles. The monoisotopic (exact) mass is 211 g/mol. The van der Waals surface area contributed by atoms with Crippen LogP contribution in [0.2, 0.25) is 0 Å². The smallest absolute Gasteiger partial charge is 0.225 e. The summed E-state index contributed by atoms with van der Waals surface area (Å²) >= 11 is 0. The molecular formula is C12H21NO2. The third-order valence-electron chi connectivity index (χ3n) is 3.98. The lowest BCUT2D eigenvalue weighted by molar-refractivity contribution is -0.142. The van der Waals surface area contributed by atoms with Crippen LogP contribution in [0.4, 0.5) is 0 Å². The maximum atomic E-state index is 12.0. The maximum Gasteiger partial charge on any atom is 0.225 e. The van der Waals surface area contributed by atoms with E-state index in [-0.39, 0.29) is 6.10 Å². The highest BCUT2D eigenvalue weighted by Gasteiger charge is 2.34. The van der Waals surface area contributed by atoms with Crippen molar-refractivity contribution in [1.29, 1.82) is 0 Å². The van der Waals surface area contributed by atoms with Crippen LogP contribution in [0.3, 0.4) is 0 Å². The molecule has 2 fully saturated rings. The fraction of sp³-hybridized carbons (Fsp3) is 0.917. The Morgan fingerprint density at radius 2 is 2.13 bits per heavy atom. The predicted octanol–water partition coefficient (Wildman–Crippen LogP) is 1.41. The maximum absolute atomic E-state index is 12.0. The van der Waals surface area contributed by atoms with Gasteiger partial charge >= 0.3 is 0 Å². The molecule has 3 nitrogen and oxygen atoms in total. The fourth-order valence-corrected chi connectivity index (χ4v) is 2.53. The Morgan fingerprint density at radius 3 is 2.67 bits per heavy atom. The van der Waals surface area contributed by atoms with Crippen LogP contribution in [0, 0.1) is 11.8 Å². The van der Waals surface area contributed by atoms with Crippen LogP contribution in [-0.2, 0) is 4.79 Å². The van der Waals surface area contributed by atoms with Gasteiger partial charge in [-0.1, -0.05) is 13.3 Å². The Morgan fingerprint density at radius 1 is 1.40 bits per heavy atom. The SMILES string of the molecule is CCC1CN(C(=O)C2CCC2)CCC1O. The molecule has 0 bridgehead atoms. The van der Waals surface area contributed by atoms with E-state index in [2.05, 4.69) is 6.92 Å². The zero-order valence-corrected chi connectivity index (χ0v) is 9.48. The number of aliphatic hydroxyl groups excluding tert-OH is 1. The van der Waals surface area contributed by atoms with Crippen molar-refractivity contribution >= 4 is 5.91 Å². The van der Waals surface area contributed by atoms with Crippen LogP contribution in [0.15, 0.2) is 0 Å². The third kappa shape index (κ3) is 2.17. The second-order valence-corrected chi connectivity index (χ2v) is 4.94. The van der Waals surface area contributed by atoms with Crippen LogP contribution in [-0.4, -0.2) is 35.1 Å². The number of hydrogen-bond acceptors (Lipinski definition) is 2. The summed E-state index contributed by atoms with van der Waals surface area (Å²) in [5, 5.41) is 9.74. The lowest BCUT2D eigenvalue weighted by atomic mass is 9.83. The number of nitrogens with zero attached hydrogens (tertiary/aromatic N) is 1. The lowest BCUT2D eigenvalue weighted by Crippen LogP contribution is -2.48. The van der Waals surface area contributed by atoms with Gasteiger partial charge in [0, 0.05) is 24.9 Å². The first-order valence-corrected chi connectivity index (χ1v) is 6.19. The van der Waals surface area contributed by atoms with Crippen LogP contribution in [0.1, 0.15) is 39.0 Å². The number of aliphatic hydroxyl groups is 1. The minimum Gasteiger partial charge on any atom is -0.393 e. The molecule has 0 aromatic carbocycles. The first-order chi connectivity index (χ1) is 7.22. The van der Waals surface area contributed by atoms with Gasteiger partial charge in [0.1, 0.15) is 0 Å². The van der Waals surface area contributed by atoms with E-state index in [1.807, 2.05) is 4.90 Å². The Kier molecular flexibility index (Phi) is 3.29. The Hall–Kier alpha value is -0.570. The minimum absolute atomic E-state index is 0.194. The molecule has 2 rings (SSSR count). The van der Waals surface area contributed by atoms with E-state index in [9.17, 15) is 9.90 Å². The van der Waals surface area contributed by atoms with E-state index in [1.165, 1.54) is 6.42 Å². The molecule has 0 aromatic rings. The minimum atomic E-state index is -0.194. The van der Waals surface area contributed by atoms with Crippen molar-refractivity contribution < 1.29 is 9.90 Å². The number of rotatable bonds is 2. The average Bonchev–Trinajstić information content (AvgIpc) is 2.15. The Labute approximate surface area is 91.5 Å². The second kappa shape index (κ2) is 4.52. The molecule has 2 aliphatic rings. The summed E-state index contributed by atoms with van der Waals surface area (Å²) in [6.07, 6.45) is 4.90. The molecule has 15 heavy (non-hydrogen) atoms. The largest absolute Gasteiger partial charge is 0.393 e. The van der Waals surface area contributed by atoms with Crippen molar-refractivity contribution in [3.8, 4) is 0 Å². The van der Waals surface area contributed by atoms with Crippen molar-refractivity contribution in [1.82, 2.24) is 4.90 Å². The molecule has 1 aliphatic carbocycles. The molecule has 2 atom stereocenters. The average molecular weight is 211 g/mol. The van der Waals surface area contributed by atoms with Crippen molar-refractivity contribution in [2.45, 2.75) is 45.1 Å². The van der Waals surface area contributed by atoms with Gasteiger partial charge in [0.05, 0.1) is 6.10 Å². The van der Waals surface area contributed by atoms with Gasteiger partial charge in [0.2, 0.25) is 5.91 Å². The topological polar surface area (TPSA) is 40.5 Å². The predicted molar refractivity (Wildman–Crippen MR) is 58.3 cm³/mol. The van der Waals surface area contributed by atoms with Gasteiger partial charge < -0.3 is 10.0 Å². The molecular weight excluding hydrogens is 190 g/mol. The standard InChI is InChI=1S/C12H21NO2/c1-2-9-8-13(7-6-11(9)14)12(15)10-4-3-5-10/h9-11,14H,2-8H2,1H3. The summed E-state index contributed by atoms with van der Waals surface area (Å²) in [6.45, 7) is 3.62. The van der Waals surface area contributed by atoms with Gasteiger partial charge in [-0.15, -0.1) is 0 Å². The van der Waals surface area contributed by atoms with Gasteiger partial charge in [-0.25, -0.2) is 0 Å². The molecule has 2 unspecified atom stereocenters. The normalized spacial score (nSPS) is 32.5. The van der Waals surface area contributed by atoms with Crippen LogP contribution >= 0.6 is 0 Å².